The molecule has 1 aromatic heterocycles. The van der Waals surface area contributed by atoms with Crippen molar-refractivity contribution in [2.24, 2.45) is 4.40 Å². The van der Waals surface area contributed by atoms with E-state index < -0.39 is 0 Å². The quantitative estimate of drug-likeness (QED) is 0.295. The Hall–Kier alpha value is -2.09. The number of nitrogens with zero attached hydrogens (tertiary/aromatic N) is 1. The van der Waals surface area contributed by atoms with Gasteiger partial charge in [-0.2, -0.15) is 0 Å². The van der Waals surface area contributed by atoms with Gasteiger partial charge in [-0.1, -0.05) is 12.0 Å². The van der Waals surface area contributed by atoms with Crippen LogP contribution in [0.3, 0.4) is 0 Å². The van der Waals surface area contributed by atoms with Crippen molar-refractivity contribution in [1.29, 1.82) is 0 Å². The zero-order valence-electron chi connectivity index (χ0n) is 11.6. The Morgan fingerprint density at radius 2 is 1.86 bits per heavy atom. The molecular formula is C17H12NOS2+. The molecule has 0 saturated carbocycles. The van der Waals surface area contributed by atoms with Gasteiger partial charge in [0.15, 0.2) is 0 Å². The first-order chi connectivity index (χ1) is 10.2. The number of fused-ring (bicyclic) bond motifs is 3. The van der Waals surface area contributed by atoms with Gasteiger partial charge < -0.3 is 0 Å². The van der Waals surface area contributed by atoms with Crippen molar-refractivity contribution in [3.8, 4) is 11.8 Å². The molecule has 0 unspecified atom stereocenters. The molecule has 1 heterocycles. The van der Waals surface area contributed by atoms with E-state index in [0.29, 0.717) is 0 Å². The summed E-state index contributed by atoms with van der Waals surface area (Å²) in [6.45, 7) is 3.70. The minimum atomic E-state index is 0.247. The predicted octanol–water partition coefficient (Wildman–Crippen LogP) is 4.58. The van der Waals surface area contributed by atoms with E-state index in [2.05, 4.69) is 46.6 Å². The predicted molar refractivity (Wildman–Crippen MR) is 92.1 cm³/mol. The molecule has 0 aliphatic carbocycles. The lowest BCUT2D eigenvalue weighted by Gasteiger charge is -1.98. The first kappa shape index (κ1) is 13.9. The van der Waals surface area contributed by atoms with Crippen LogP contribution >= 0.6 is 11.3 Å². The lowest BCUT2D eigenvalue weighted by molar-refractivity contribution is 0.606. The molecule has 4 heteroatoms. The molecule has 0 aliphatic rings. The Labute approximate surface area is 131 Å². The Balaban J connectivity index is 2.28. The Bertz CT molecular complexity index is 942. The summed E-state index contributed by atoms with van der Waals surface area (Å²) in [6, 6.07) is 12.5. The van der Waals surface area contributed by atoms with Crippen LogP contribution in [0.25, 0.3) is 20.2 Å². The van der Waals surface area contributed by atoms with Crippen LogP contribution in [0, 0.1) is 11.8 Å². The SMILES string of the molecule is CC#Cc1ccc2sc3ccc(/C(C)=N/[S+]=O)cc3c2c1. The summed E-state index contributed by atoms with van der Waals surface area (Å²) in [7, 11) is 0. The van der Waals surface area contributed by atoms with Gasteiger partial charge in [-0.25, -0.2) is 0 Å². The Morgan fingerprint density at radius 1 is 1.14 bits per heavy atom. The van der Waals surface area contributed by atoms with Crippen LogP contribution in [0.5, 0.6) is 0 Å². The van der Waals surface area contributed by atoms with Crippen LogP contribution in [-0.4, -0.2) is 5.71 Å². The zero-order chi connectivity index (χ0) is 14.8. The monoisotopic (exact) mass is 310 g/mol. The smallest absolute Gasteiger partial charge is 0.135 e. The average Bonchev–Trinajstić information content (AvgIpc) is 2.85. The lowest BCUT2D eigenvalue weighted by Crippen LogP contribution is -1.92. The molecule has 0 radical (unpaired) electrons. The molecular weight excluding hydrogens is 298 g/mol. The van der Waals surface area contributed by atoms with E-state index in [9.17, 15) is 4.21 Å². The third kappa shape index (κ3) is 2.58. The second-order valence-electron chi connectivity index (χ2n) is 4.65. The van der Waals surface area contributed by atoms with Crippen molar-refractivity contribution in [1.82, 2.24) is 0 Å². The van der Waals surface area contributed by atoms with Crippen LogP contribution in [0.15, 0.2) is 40.8 Å². The van der Waals surface area contributed by atoms with Gasteiger partial charge in [0.25, 0.3) is 0 Å². The Kier molecular flexibility index (Phi) is 3.78. The molecule has 3 rings (SSSR count). The maximum atomic E-state index is 10.6. The number of benzene rings is 2. The largest absolute Gasteiger partial charge is 0.652 e. The zero-order valence-corrected chi connectivity index (χ0v) is 13.3. The third-order valence-electron chi connectivity index (χ3n) is 3.33. The molecule has 0 saturated heterocycles. The fourth-order valence-electron chi connectivity index (χ4n) is 2.33. The molecule has 0 bridgehead atoms. The van der Waals surface area contributed by atoms with Gasteiger partial charge in [-0.3, -0.25) is 0 Å². The average molecular weight is 310 g/mol. The third-order valence-corrected chi connectivity index (χ3v) is 4.83. The van der Waals surface area contributed by atoms with Gasteiger partial charge in [0.1, 0.15) is 5.71 Å². The van der Waals surface area contributed by atoms with Crippen molar-refractivity contribution in [3.63, 3.8) is 0 Å². The number of hydrogen-bond donors (Lipinski definition) is 0. The van der Waals surface area contributed by atoms with E-state index in [1.165, 1.54) is 20.2 Å². The van der Waals surface area contributed by atoms with E-state index >= 15 is 0 Å². The summed E-state index contributed by atoms with van der Waals surface area (Å²) in [6.07, 6.45) is 0. The molecule has 0 N–H and O–H groups in total. The van der Waals surface area contributed by atoms with Crippen LogP contribution in [-0.2, 0) is 16.1 Å². The molecule has 3 aromatic rings. The number of thiophene rings is 1. The number of hydrogen-bond acceptors (Lipinski definition) is 2. The molecule has 0 atom stereocenters. The van der Waals surface area contributed by atoms with Crippen LogP contribution in [0.4, 0.5) is 0 Å². The van der Waals surface area contributed by atoms with Crippen molar-refractivity contribution >= 4 is 49.1 Å². The first-order valence-corrected chi connectivity index (χ1v) is 7.97. The second kappa shape index (κ2) is 5.72. The highest BCUT2D eigenvalue weighted by atomic mass is 32.2. The summed E-state index contributed by atoms with van der Waals surface area (Å²) in [5.41, 5.74) is 2.76. The van der Waals surface area contributed by atoms with E-state index in [-0.39, 0.29) is 11.9 Å². The molecule has 0 amide bonds. The summed E-state index contributed by atoms with van der Waals surface area (Å²) < 4.78 is 16.9. The molecule has 2 nitrogen and oxygen atoms in total. The van der Waals surface area contributed by atoms with Gasteiger partial charge in [0.05, 0.1) is 8.61 Å². The van der Waals surface area contributed by atoms with Crippen LogP contribution in [0.2, 0.25) is 0 Å². The summed E-state index contributed by atoms with van der Waals surface area (Å²) in [5, 5.41) is 2.40. The van der Waals surface area contributed by atoms with Gasteiger partial charge in [0, 0.05) is 31.3 Å². The van der Waals surface area contributed by atoms with E-state index in [0.717, 1.165) is 16.8 Å². The van der Waals surface area contributed by atoms with Crippen molar-refractivity contribution in [3.05, 3.63) is 47.5 Å². The van der Waals surface area contributed by atoms with Crippen molar-refractivity contribution < 1.29 is 4.21 Å². The summed E-state index contributed by atoms with van der Waals surface area (Å²) in [4.78, 5) is 0. The lowest BCUT2D eigenvalue weighted by atomic mass is 10.1. The minimum Gasteiger partial charge on any atom is -0.135 e. The minimum absolute atomic E-state index is 0.247. The molecule has 0 aliphatic heterocycles. The van der Waals surface area contributed by atoms with Crippen molar-refractivity contribution in [2.45, 2.75) is 13.8 Å². The second-order valence-corrected chi connectivity index (χ2v) is 6.07. The van der Waals surface area contributed by atoms with Gasteiger partial charge in [-0.15, -0.1) is 17.3 Å². The molecule has 2 aromatic carbocycles. The van der Waals surface area contributed by atoms with Crippen LogP contribution < -0.4 is 0 Å². The normalized spacial score (nSPS) is 11.4. The van der Waals surface area contributed by atoms with Gasteiger partial charge in [-0.05, 0) is 44.2 Å². The maximum absolute atomic E-state index is 10.6. The van der Waals surface area contributed by atoms with E-state index in [1.54, 1.807) is 11.3 Å². The fourth-order valence-corrected chi connectivity index (χ4v) is 3.62. The van der Waals surface area contributed by atoms with E-state index in [1.807, 2.05) is 19.9 Å². The topological polar surface area (TPSA) is 29.4 Å². The number of rotatable bonds is 2. The fraction of sp³-hybridized carbons (Fsp3) is 0.118. The summed E-state index contributed by atoms with van der Waals surface area (Å²) in [5.74, 6) is 6.03. The highest BCUT2D eigenvalue weighted by Gasteiger charge is 2.09. The van der Waals surface area contributed by atoms with Crippen molar-refractivity contribution in [2.75, 3.05) is 0 Å². The standard InChI is InChI=1S/C17H12NOS2/c1-3-4-12-5-7-16-14(9-12)15-10-13(11(2)18-21-19)6-8-17(15)20-16/h5-10H,1-2H3/q+1/b18-11+. The van der Waals surface area contributed by atoms with Gasteiger partial charge >= 0.3 is 11.9 Å². The van der Waals surface area contributed by atoms with Crippen LogP contribution in [0.1, 0.15) is 25.0 Å². The molecule has 0 spiro atoms. The Morgan fingerprint density at radius 3 is 2.57 bits per heavy atom. The molecule has 0 fully saturated rings. The molecule has 102 valence electrons. The van der Waals surface area contributed by atoms with Gasteiger partial charge in [0.2, 0.25) is 0 Å². The first-order valence-electron chi connectivity index (χ1n) is 6.46. The molecule has 21 heavy (non-hydrogen) atoms. The van der Waals surface area contributed by atoms with E-state index in [4.69, 9.17) is 0 Å². The maximum Gasteiger partial charge on any atom is 0.652 e. The highest BCUT2D eigenvalue weighted by molar-refractivity contribution is 7.64. The summed E-state index contributed by atoms with van der Waals surface area (Å²) >= 11 is 2.01. The highest BCUT2D eigenvalue weighted by Crippen LogP contribution is 2.34.